The van der Waals surface area contributed by atoms with E-state index in [1.165, 1.54) is 17.2 Å². The van der Waals surface area contributed by atoms with E-state index >= 15 is 0 Å². The number of urea groups is 1. The first-order chi connectivity index (χ1) is 17.1. The smallest absolute Gasteiger partial charge is 0.331 e. The monoisotopic (exact) mass is 474 g/mol. The molecule has 35 heavy (non-hydrogen) atoms. The Kier molecular flexibility index (Phi) is 6.40. The summed E-state index contributed by atoms with van der Waals surface area (Å²) in [5.74, 6) is 0.454. The van der Waals surface area contributed by atoms with Gasteiger partial charge in [0.1, 0.15) is 11.4 Å². The van der Waals surface area contributed by atoms with Crippen molar-refractivity contribution in [2.45, 2.75) is 0 Å². The van der Waals surface area contributed by atoms with Crippen LogP contribution in [0.1, 0.15) is 10.5 Å². The number of pyridine rings is 1. The molecule has 2 aliphatic heterocycles. The molecule has 0 saturated carbocycles. The van der Waals surface area contributed by atoms with Gasteiger partial charge >= 0.3 is 6.03 Å². The Morgan fingerprint density at radius 2 is 1.89 bits per heavy atom. The first-order valence-electron chi connectivity index (χ1n) is 11.4. The van der Waals surface area contributed by atoms with Gasteiger partial charge in [-0.2, -0.15) is 0 Å². The number of hydrogen-bond acceptors (Lipinski definition) is 8. The van der Waals surface area contributed by atoms with Crippen LogP contribution in [0.25, 0.3) is 0 Å². The van der Waals surface area contributed by atoms with E-state index < -0.39 is 5.91 Å². The average molecular weight is 475 g/mol. The second kappa shape index (κ2) is 9.94. The number of nitrogens with zero attached hydrogens (tertiary/aromatic N) is 6. The van der Waals surface area contributed by atoms with Crippen molar-refractivity contribution >= 4 is 34.9 Å². The molecule has 0 aliphatic carbocycles. The number of benzene rings is 1. The van der Waals surface area contributed by atoms with Crippen LogP contribution in [0, 0.1) is 0 Å². The van der Waals surface area contributed by atoms with E-state index in [2.05, 4.69) is 30.5 Å². The lowest BCUT2D eigenvalue weighted by Gasteiger charge is -2.30. The summed E-state index contributed by atoms with van der Waals surface area (Å²) in [4.78, 5) is 44.3. The van der Waals surface area contributed by atoms with Crippen LogP contribution in [0.15, 0.2) is 55.0 Å². The molecule has 0 atom stereocenters. The number of amides is 3. The average Bonchev–Trinajstić information content (AvgIpc) is 3.30. The van der Waals surface area contributed by atoms with Gasteiger partial charge in [-0.3, -0.25) is 19.6 Å². The Morgan fingerprint density at radius 1 is 1.06 bits per heavy atom. The fourth-order valence-corrected chi connectivity index (χ4v) is 4.20. The summed E-state index contributed by atoms with van der Waals surface area (Å²) >= 11 is 0. The molecular weight excluding hydrogens is 448 g/mol. The van der Waals surface area contributed by atoms with Gasteiger partial charge in [-0.1, -0.05) is 6.07 Å². The molecule has 3 aromatic rings. The number of carbonyl (C=O) groups is 2. The van der Waals surface area contributed by atoms with E-state index in [0.29, 0.717) is 24.5 Å². The normalized spacial score (nSPS) is 15.9. The standard InChI is InChI=1S/C24H26N8O3/c1-35-18-4-2-3-17(15-18)31-13-14-32(24(31)34)23-27-8-5-19(29-23)22(33)28-20-16-26-7-6-21(20)30-11-9-25-10-12-30/h2-8,15-16,25H,9-14H2,1H3,(H,28,33). The molecule has 4 heterocycles. The van der Waals surface area contributed by atoms with E-state index in [1.54, 1.807) is 30.5 Å². The molecule has 11 nitrogen and oxygen atoms in total. The third kappa shape index (κ3) is 4.71. The predicted molar refractivity (Wildman–Crippen MR) is 132 cm³/mol. The number of aromatic nitrogens is 3. The summed E-state index contributed by atoms with van der Waals surface area (Å²) in [5, 5.41) is 6.24. The number of anilines is 4. The highest BCUT2D eigenvalue weighted by Gasteiger charge is 2.33. The third-order valence-electron chi connectivity index (χ3n) is 5.99. The van der Waals surface area contributed by atoms with Crippen LogP contribution >= 0.6 is 0 Å². The van der Waals surface area contributed by atoms with E-state index in [-0.39, 0.29) is 17.7 Å². The van der Waals surface area contributed by atoms with Gasteiger partial charge in [-0.25, -0.2) is 14.8 Å². The maximum atomic E-state index is 13.1. The Hall–Kier alpha value is -4.25. The summed E-state index contributed by atoms with van der Waals surface area (Å²) in [6.45, 7) is 4.30. The molecule has 2 aliphatic rings. The van der Waals surface area contributed by atoms with Crippen LogP contribution in [0.3, 0.4) is 0 Å². The summed E-state index contributed by atoms with van der Waals surface area (Å²) in [7, 11) is 1.58. The number of nitrogens with one attached hydrogen (secondary N) is 2. The zero-order valence-corrected chi connectivity index (χ0v) is 19.3. The van der Waals surface area contributed by atoms with Crippen molar-refractivity contribution in [2.75, 3.05) is 66.4 Å². The number of carbonyl (C=O) groups excluding carboxylic acids is 2. The summed E-state index contributed by atoms with van der Waals surface area (Å²) in [5.41, 5.74) is 2.41. The summed E-state index contributed by atoms with van der Waals surface area (Å²) in [6.07, 6.45) is 4.83. The Balaban J connectivity index is 1.32. The largest absolute Gasteiger partial charge is 0.497 e. The van der Waals surface area contributed by atoms with Crippen molar-refractivity contribution < 1.29 is 14.3 Å². The summed E-state index contributed by atoms with van der Waals surface area (Å²) < 4.78 is 5.27. The molecule has 2 N–H and O–H groups in total. The van der Waals surface area contributed by atoms with Crippen molar-refractivity contribution in [1.82, 2.24) is 20.3 Å². The topological polar surface area (TPSA) is 116 Å². The third-order valence-corrected chi connectivity index (χ3v) is 5.99. The highest BCUT2D eigenvalue weighted by Crippen LogP contribution is 2.27. The van der Waals surface area contributed by atoms with Gasteiger partial charge in [0.15, 0.2) is 0 Å². The van der Waals surface area contributed by atoms with E-state index in [4.69, 9.17) is 4.74 Å². The van der Waals surface area contributed by atoms with Gasteiger partial charge in [0.2, 0.25) is 5.95 Å². The lowest BCUT2D eigenvalue weighted by Crippen LogP contribution is -2.43. The number of methoxy groups -OCH3 is 1. The molecule has 1 aromatic carbocycles. The van der Waals surface area contributed by atoms with Crippen molar-refractivity contribution in [1.29, 1.82) is 0 Å². The molecule has 0 bridgehead atoms. The zero-order chi connectivity index (χ0) is 24.2. The molecule has 5 rings (SSSR count). The van der Waals surface area contributed by atoms with E-state index in [1.807, 2.05) is 24.3 Å². The van der Waals surface area contributed by atoms with Crippen molar-refractivity contribution in [2.24, 2.45) is 0 Å². The van der Waals surface area contributed by atoms with Gasteiger partial charge in [0.25, 0.3) is 5.91 Å². The lowest BCUT2D eigenvalue weighted by molar-refractivity contribution is 0.102. The van der Waals surface area contributed by atoms with Crippen LogP contribution in [-0.2, 0) is 0 Å². The highest BCUT2D eigenvalue weighted by molar-refractivity contribution is 6.07. The lowest BCUT2D eigenvalue weighted by atomic mass is 10.2. The van der Waals surface area contributed by atoms with Crippen LogP contribution < -0.4 is 30.1 Å². The molecule has 3 amide bonds. The second-order valence-corrected chi connectivity index (χ2v) is 8.11. The minimum Gasteiger partial charge on any atom is -0.497 e. The Morgan fingerprint density at radius 3 is 2.71 bits per heavy atom. The number of rotatable bonds is 6. The summed E-state index contributed by atoms with van der Waals surface area (Å²) in [6, 6.07) is 10.5. The second-order valence-electron chi connectivity index (χ2n) is 8.11. The van der Waals surface area contributed by atoms with Gasteiger partial charge in [-0.15, -0.1) is 0 Å². The molecule has 11 heteroatoms. The van der Waals surface area contributed by atoms with Crippen molar-refractivity contribution in [3.8, 4) is 5.75 Å². The van der Waals surface area contributed by atoms with E-state index in [9.17, 15) is 9.59 Å². The first-order valence-corrected chi connectivity index (χ1v) is 11.4. The molecule has 0 radical (unpaired) electrons. The minimum atomic E-state index is -0.394. The highest BCUT2D eigenvalue weighted by atomic mass is 16.5. The number of ether oxygens (including phenoxy) is 1. The van der Waals surface area contributed by atoms with Crippen LogP contribution in [0.4, 0.5) is 27.8 Å². The maximum Gasteiger partial charge on any atom is 0.331 e. The fraction of sp³-hybridized carbons (Fsp3) is 0.292. The minimum absolute atomic E-state index is 0.165. The van der Waals surface area contributed by atoms with Gasteiger partial charge in [0.05, 0.1) is 24.7 Å². The fourth-order valence-electron chi connectivity index (χ4n) is 4.20. The molecular formula is C24H26N8O3. The first kappa shape index (κ1) is 22.5. The molecule has 2 saturated heterocycles. The molecule has 2 fully saturated rings. The predicted octanol–water partition coefficient (Wildman–Crippen LogP) is 1.99. The Bertz CT molecular complexity index is 1230. The van der Waals surface area contributed by atoms with Crippen molar-refractivity contribution in [3.63, 3.8) is 0 Å². The molecule has 0 unspecified atom stereocenters. The van der Waals surface area contributed by atoms with Crippen LogP contribution in [0.2, 0.25) is 0 Å². The maximum absolute atomic E-state index is 13.1. The number of hydrogen-bond donors (Lipinski definition) is 2. The van der Waals surface area contributed by atoms with Crippen LogP contribution in [-0.4, -0.2) is 73.3 Å². The van der Waals surface area contributed by atoms with Crippen LogP contribution in [0.5, 0.6) is 5.75 Å². The number of piperazine rings is 1. The molecule has 0 spiro atoms. The van der Waals surface area contributed by atoms with E-state index in [0.717, 1.165) is 37.6 Å². The quantitative estimate of drug-likeness (QED) is 0.557. The van der Waals surface area contributed by atoms with Gasteiger partial charge in [0, 0.05) is 63.4 Å². The van der Waals surface area contributed by atoms with Gasteiger partial charge < -0.3 is 20.3 Å². The Labute approximate surface area is 202 Å². The SMILES string of the molecule is COc1cccc(N2CCN(c3nccc(C(=O)Nc4cnccc4N4CCNCC4)n3)C2=O)c1. The zero-order valence-electron chi connectivity index (χ0n) is 19.3. The van der Waals surface area contributed by atoms with Crippen molar-refractivity contribution in [3.05, 3.63) is 60.7 Å². The van der Waals surface area contributed by atoms with Gasteiger partial charge in [-0.05, 0) is 24.3 Å². The molecule has 180 valence electrons. The molecule has 2 aromatic heterocycles.